The Morgan fingerprint density at radius 2 is 1.74 bits per heavy atom. The van der Waals surface area contributed by atoms with Gasteiger partial charge in [-0.1, -0.05) is 52.4 Å². The second-order valence-electron chi connectivity index (χ2n) is 5.31. The van der Waals surface area contributed by atoms with E-state index in [4.69, 9.17) is 0 Å². The van der Waals surface area contributed by atoms with Gasteiger partial charge in [0.1, 0.15) is 0 Å². The number of hydrogen-bond acceptors (Lipinski definition) is 2. The Labute approximate surface area is 117 Å². The molecule has 0 N–H and O–H groups in total. The fraction of sp³-hybridized carbons (Fsp3) is 0.750. The average Bonchev–Trinajstić information content (AvgIpc) is 2.79. The largest absolute Gasteiger partial charge is 0.294 e. The molecule has 19 heavy (non-hydrogen) atoms. The highest BCUT2D eigenvalue weighted by atomic mass is 16.1. The minimum atomic E-state index is 0.263. The number of nitrogens with zero attached hydrogens (tertiary/aromatic N) is 2. The van der Waals surface area contributed by atoms with E-state index in [1.165, 1.54) is 38.5 Å². The summed E-state index contributed by atoms with van der Waals surface area (Å²) in [5.74, 6) is 0.263. The van der Waals surface area contributed by atoms with Gasteiger partial charge in [-0.3, -0.25) is 9.48 Å². The van der Waals surface area contributed by atoms with Crippen LogP contribution in [0.15, 0.2) is 6.20 Å². The Bertz CT molecular complexity index is 382. The molecule has 3 heteroatoms. The van der Waals surface area contributed by atoms with Gasteiger partial charge >= 0.3 is 0 Å². The van der Waals surface area contributed by atoms with Gasteiger partial charge in [-0.25, -0.2) is 0 Å². The molecule has 1 rings (SSSR count). The number of aryl methyl sites for hydroxylation is 2. The van der Waals surface area contributed by atoms with Crippen molar-refractivity contribution in [3.63, 3.8) is 0 Å². The molecule has 0 saturated carbocycles. The normalized spacial score (nSPS) is 10.9. The summed E-state index contributed by atoms with van der Waals surface area (Å²) in [6, 6.07) is 0. The van der Waals surface area contributed by atoms with E-state index in [-0.39, 0.29) is 5.78 Å². The van der Waals surface area contributed by atoms with Crippen LogP contribution in [0.1, 0.15) is 81.3 Å². The highest BCUT2D eigenvalue weighted by Gasteiger charge is 2.13. The second-order valence-corrected chi connectivity index (χ2v) is 5.31. The zero-order valence-corrected chi connectivity index (χ0v) is 12.7. The predicted octanol–water partition coefficient (Wildman–Crippen LogP) is 4.31. The van der Waals surface area contributed by atoms with Crippen LogP contribution in [0.5, 0.6) is 0 Å². The molecular formula is C16H28N2O. The molecule has 0 radical (unpaired) electrons. The lowest BCUT2D eigenvalue weighted by Crippen LogP contribution is -2.01. The number of aromatic nitrogens is 2. The first-order chi connectivity index (χ1) is 9.19. The van der Waals surface area contributed by atoms with Crippen LogP contribution in [-0.2, 0) is 13.5 Å². The first-order valence-corrected chi connectivity index (χ1v) is 7.74. The maximum Gasteiger partial charge on any atom is 0.166 e. The van der Waals surface area contributed by atoms with Crippen molar-refractivity contribution in [1.29, 1.82) is 0 Å². The number of carbonyl (C=O) groups is 1. The van der Waals surface area contributed by atoms with Crippen LogP contribution < -0.4 is 0 Å². The summed E-state index contributed by atoms with van der Waals surface area (Å²) in [7, 11) is 1.88. The summed E-state index contributed by atoms with van der Waals surface area (Å²) in [5, 5.41) is 4.32. The van der Waals surface area contributed by atoms with E-state index in [0.29, 0.717) is 6.42 Å². The van der Waals surface area contributed by atoms with Crippen molar-refractivity contribution in [2.24, 2.45) is 7.05 Å². The van der Waals surface area contributed by atoms with Gasteiger partial charge in [-0.05, 0) is 12.8 Å². The fourth-order valence-electron chi connectivity index (χ4n) is 2.41. The molecular weight excluding hydrogens is 236 g/mol. The third-order valence-electron chi connectivity index (χ3n) is 3.55. The predicted molar refractivity (Wildman–Crippen MR) is 79.5 cm³/mol. The van der Waals surface area contributed by atoms with Crippen LogP contribution in [-0.4, -0.2) is 15.6 Å². The van der Waals surface area contributed by atoms with Crippen LogP contribution in [0.4, 0.5) is 0 Å². The van der Waals surface area contributed by atoms with Crippen LogP contribution in [0.25, 0.3) is 0 Å². The lowest BCUT2D eigenvalue weighted by molar-refractivity contribution is 0.0978. The maximum atomic E-state index is 12.1. The Balaban J connectivity index is 2.24. The van der Waals surface area contributed by atoms with E-state index in [9.17, 15) is 4.79 Å². The van der Waals surface area contributed by atoms with Gasteiger partial charge in [0.05, 0.1) is 11.3 Å². The number of rotatable bonds is 10. The van der Waals surface area contributed by atoms with Crippen LogP contribution in [0.3, 0.4) is 0 Å². The molecule has 0 unspecified atom stereocenters. The number of Topliss-reactive ketones (excluding diaryl/α,β-unsaturated/α-hetero) is 1. The topological polar surface area (TPSA) is 34.9 Å². The number of carbonyl (C=O) groups excluding carboxylic acids is 1. The van der Waals surface area contributed by atoms with Gasteiger partial charge in [0.25, 0.3) is 0 Å². The van der Waals surface area contributed by atoms with E-state index in [1.807, 2.05) is 20.2 Å². The highest BCUT2D eigenvalue weighted by molar-refractivity contribution is 5.96. The smallest absolute Gasteiger partial charge is 0.166 e. The molecule has 0 bridgehead atoms. The summed E-state index contributed by atoms with van der Waals surface area (Å²) in [6.07, 6.45) is 12.1. The summed E-state index contributed by atoms with van der Waals surface area (Å²) >= 11 is 0. The molecule has 0 aliphatic carbocycles. The van der Waals surface area contributed by atoms with Crippen LogP contribution in [0, 0.1) is 0 Å². The van der Waals surface area contributed by atoms with E-state index in [0.717, 1.165) is 24.1 Å². The Morgan fingerprint density at radius 1 is 1.11 bits per heavy atom. The molecule has 108 valence electrons. The molecule has 0 atom stereocenters. The molecule has 0 aliphatic rings. The van der Waals surface area contributed by atoms with Crippen molar-refractivity contribution in [3.05, 3.63) is 17.5 Å². The summed E-state index contributed by atoms with van der Waals surface area (Å²) in [5.41, 5.74) is 1.77. The zero-order valence-electron chi connectivity index (χ0n) is 12.7. The summed E-state index contributed by atoms with van der Waals surface area (Å²) in [6.45, 7) is 4.28. The van der Waals surface area contributed by atoms with Gasteiger partial charge in [0.15, 0.2) is 5.78 Å². The summed E-state index contributed by atoms with van der Waals surface area (Å²) in [4.78, 5) is 12.1. The van der Waals surface area contributed by atoms with Crippen molar-refractivity contribution in [2.45, 2.75) is 71.6 Å². The summed E-state index contributed by atoms with van der Waals surface area (Å²) < 4.78 is 1.75. The third kappa shape index (κ3) is 5.58. The number of ketones is 1. The number of unbranched alkanes of at least 4 members (excludes halogenated alkanes) is 6. The molecule has 0 saturated heterocycles. The minimum Gasteiger partial charge on any atom is -0.294 e. The maximum absolute atomic E-state index is 12.1. The zero-order chi connectivity index (χ0) is 14.1. The van der Waals surface area contributed by atoms with Gasteiger partial charge in [-0.15, -0.1) is 0 Å². The van der Waals surface area contributed by atoms with E-state index in [2.05, 4.69) is 12.0 Å². The van der Waals surface area contributed by atoms with Gasteiger partial charge < -0.3 is 0 Å². The second kappa shape index (κ2) is 8.89. The molecule has 1 aromatic rings. The molecule has 3 nitrogen and oxygen atoms in total. The highest BCUT2D eigenvalue weighted by Crippen LogP contribution is 2.14. The van der Waals surface area contributed by atoms with Crippen molar-refractivity contribution in [1.82, 2.24) is 9.78 Å². The molecule has 0 aromatic carbocycles. The van der Waals surface area contributed by atoms with Crippen LogP contribution >= 0.6 is 0 Å². The van der Waals surface area contributed by atoms with Crippen LogP contribution in [0.2, 0.25) is 0 Å². The molecule has 0 fully saturated rings. The van der Waals surface area contributed by atoms with Crippen molar-refractivity contribution in [2.75, 3.05) is 0 Å². The van der Waals surface area contributed by atoms with Crippen molar-refractivity contribution >= 4 is 5.78 Å². The monoisotopic (exact) mass is 264 g/mol. The standard InChI is InChI=1S/C16H28N2O/c1-4-6-7-8-9-10-11-12-16(19)14-13-18(3)17-15(14)5-2/h13H,4-12H2,1-3H3. The first-order valence-electron chi connectivity index (χ1n) is 7.74. The molecule has 0 spiro atoms. The lowest BCUT2D eigenvalue weighted by atomic mass is 10.0. The fourth-order valence-corrected chi connectivity index (χ4v) is 2.41. The van der Waals surface area contributed by atoms with Gasteiger partial charge in [-0.2, -0.15) is 5.10 Å². The molecule has 0 aliphatic heterocycles. The Kier molecular flexibility index (Phi) is 7.46. The molecule has 1 aromatic heterocycles. The molecule has 1 heterocycles. The Hall–Kier alpha value is -1.12. The van der Waals surface area contributed by atoms with E-state index < -0.39 is 0 Å². The minimum absolute atomic E-state index is 0.263. The SMILES string of the molecule is CCCCCCCCCC(=O)c1cn(C)nc1CC. The quantitative estimate of drug-likeness (QED) is 0.466. The third-order valence-corrected chi connectivity index (χ3v) is 3.55. The van der Waals surface area contributed by atoms with Gasteiger partial charge in [0.2, 0.25) is 0 Å². The lowest BCUT2D eigenvalue weighted by Gasteiger charge is -2.01. The Morgan fingerprint density at radius 3 is 2.37 bits per heavy atom. The van der Waals surface area contributed by atoms with Crippen molar-refractivity contribution in [3.8, 4) is 0 Å². The first kappa shape index (κ1) is 15.9. The van der Waals surface area contributed by atoms with Crippen molar-refractivity contribution < 1.29 is 4.79 Å². The van der Waals surface area contributed by atoms with Gasteiger partial charge in [0, 0.05) is 19.7 Å². The van der Waals surface area contributed by atoms with E-state index >= 15 is 0 Å². The number of hydrogen-bond donors (Lipinski definition) is 0. The molecule has 0 amide bonds. The van der Waals surface area contributed by atoms with E-state index in [1.54, 1.807) is 4.68 Å². The average molecular weight is 264 g/mol.